The van der Waals surface area contributed by atoms with Crippen molar-refractivity contribution in [3.8, 4) is 0 Å². The van der Waals surface area contributed by atoms with E-state index in [1.54, 1.807) is 6.92 Å². The van der Waals surface area contributed by atoms with E-state index < -0.39 is 0 Å². The maximum absolute atomic E-state index is 7.57. The molecule has 0 saturated carbocycles. The minimum Gasteiger partial charge on any atom is 0 e. The molecule has 27 valence electrons. The van der Waals surface area contributed by atoms with Gasteiger partial charge >= 0.3 is 18.9 Å². The minimum absolute atomic E-state index is 0. The van der Waals surface area contributed by atoms with Crippen molar-refractivity contribution in [1.82, 2.24) is 0 Å². The monoisotopic (exact) mass is 147 g/mol. The van der Waals surface area contributed by atoms with Gasteiger partial charge in [0.15, 0.2) is 0 Å². The van der Waals surface area contributed by atoms with Gasteiger partial charge in [0.05, 0.1) is 0 Å². The summed E-state index contributed by atoms with van der Waals surface area (Å²) in [4.78, 5) is 0. The molecule has 0 atom stereocenters. The zero-order chi connectivity index (χ0) is 2.71. The van der Waals surface area contributed by atoms with E-state index in [0.717, 1.165) is 0 Å². The molecule has 5 heavy (non-hydrogen) atoms. The van der Waals surface area contributed by atoms with Crippen molar-refractivity contribution in [2.75, 3.05) is 6.61 Å². The molecule has 0 heterocycles. The van der Waals surface area contributed by atoms with Crippen LogP contribution in [0.1, 0.15) is 6.92 Å². The van der Waals surface area contributed by atoms with E-state index in [1.165, 1.54) is 0 Å². The molecule has 0 aromatic rings. The fourth-order valence-electron chi connectivity index (χ4n) is 0. The van der Waals surface area contributed by atoms with E-state index in [4.69, 9.17) is 5.11 Å². The van der Waals surface area contributed by atoms with Crippen LogP contribution in [-0.4, -0.2) is 30.6 Å². The molecule has 0 aliphatic rings. The molecule has 0 spiro atoms. The fourth-order valence-corrected chi connectivity index (χ4v) is 0. The van der Waals surface area contributed by atoms with Gasteiger partial charge in [-0.25, -0.2) is 0 Å². The molecule has 0 aromatic heterocycles. The summed E-state index contributed by atoms with van der Waals surface area (Å²) in [5, 5.41) is 7.57. The van der Waals surface area contributed by atoms with Crippen molar-refractivity contribution >= 4 is 18.9 Å². The fraction of sp³-hybridized carbons (Fsp3) is 1.00. The van der Waals surface area contributed by atoms with Crippen LogP contribution in [0.25, 0.3) is 0 Å². The van der Waals surface area contributed by atoms with Crippen molar-refractivity contribution in [2.24, 2.45) is 0 Å². The molecule has 0 rings (SSSR count). The van der Waals surface area contributed by atoms with E-state index in [0.29, 0.717) is 0 Å². The quantitative estimate of drug-likeness (QED) is 0.451. The van der Waals surface area contributed by atoms with E-state index in [-0.39, 0.29) is 47.8 Å². The van der Waals surface area contributed by atoms with Crippen LogP contribution in [0.2, 0.25) is 0 Å². The molecule has 3 heteroatoms. The summed E-state index contributed by atoms with van der Waals surface area (Å²) in [6.45, 7) is 1.93. The molecule has 0 fully saturated rings. The Kier molecular flexibility index (Phi) is 60.2. The number of aliphatic hydroxyl groups is 1. The Morgan fingerprint density at radius 1 is 1.60 bits per heavy atom. The van der Waals surface area contributed by atoms with Gasteiger partial charge in [0.1, 0.15) is 0 Å². The molecule has 1 N–H and O–H groups in total. The molecular weight excluding hydrogens is 140 g/mol. The Morgan fingerprint density at radius 3 is 1.60 bits per heavy atom. The molecule has 1 radical (unpaired) electrons. The van der Waals surface area contributed by atoms with Crippen LogP contribution in [-0.2, 0) is 22.4 Å². The normalized spacial score (nSPS) is 3.60. The Morgan fingerprint density at radius 2 is 1.60 bits per heavy atom. The summed E-state index contributed by atoms with van der Waals surface area (Å²) in [5.41, 5.74) is 0. The smallest absolute Gasteiger partial charge is 0 e. The third-order valence-corrected chi connectivity index (χ3v) is 0. The Labute approximate surface area is 59.8 Å². The van der Waals surface area contributed by atoms with Gasteiger partial charge < -0.3 is 5.11 Å². The van der Waals surface area contributed by atoms with E-state index in [2.05, 4.69) is 0 Å². The van der Waals surface area contributed by atoms with Crippen molar-refractivity contribution in [3.05, 3.63) is 0 Å². The summed E-state index contributed by atoms with van der Waals surface area (Å²) in [7, 11) is 0. The molecule has 0 aliphatic heterocycles. The van der Waals surface area contributed by atoms with Crippen LogP contribution in [0.3, 0.4) is 0 Å². The first-order valence-electron chi connectivity index (χ1n) is 1.02. The van der Waals surface area contributed by atoms with Gasteiger partial charge in [-0.15, -0.1) is 0 Å². The van der Waals surface area contributed by atoms with Crippen LogP contribution >= 0.6 is 0 Å². The van der Waals surface area contributed by atoms with Gasteiger partial charge in [-0.05, 0) is 6.92 Å². The topological polar surface area (TPSA) is 20.2 Å². The third-order valence-electron chi connectivity index (χ3n) is 0. The summed E-state index contributed by atoms with van der Waals surface area (Å²) in [6, 6.07) is 0. The van der Waals surface area contributed by atoms with Gasteiger partial charge in [-0.1, -0.05) is 0 Å². The largest absolute Gasteiger partial charge is 0 e. The predicted molar refractivity (Wildman–Crippen MR) is 19.9 cm³/mol. The molecule has 0 amide bonds. The van der Waals surface area contributed by atoms with Crippen LogP contribution < -0.4 is 0 Å². The number of hydrogen-bond donors (Lipinski definition) is 1. The van der Waals surface area contributed by atoms with Gasteiger partial charge in [0.25, 0.3) is 0 Å². The summed E-state index contributed by atoms with van der Waals surface area (Å²) >= 11 is 0. The summed E-state index contributed by atoms with van der Waals surface area (Å²) in [6.07, 6.45) is 0. The first kappa shape index (κ1) is 16.3. The molecule has 0 bridgehead atoms. The predicted octanol–water partition coefficient (Wildman–Crippen LogP) is -0.652. The van der Waals surface area contributed by atoms with E-state index in [1.807, 2.05) is 0 Å². The standard InChI is InChI=1S/C2H6O.Li.Nb.H/c1-2-3;;;/h3H,2H2,1H3;;;. The second-order valence-electron chi connectivity index (χ2n) is 0.316. The maximum atomic E-state index is 7.57. The molecular formula is C2H7LiNbO. The van der Waals surface area contributed by atoms with Gasteiger partial charge in [0.2, 0.25) is 0 Å². The molecule has 0 unspecified atom stereocenters. The van der Waals surface area contributed by atoms with Crippen molar-refractivity contribution in [2.45, 2.75) is 6.92 Å². The van der Waals surface area contributed by atoms with Gasteiger partial charge in [0, 0.05) is 29.0 Å². The van der Waals surface area contributed by atoms with Crippen molar-refractivity contribution in [3.63, 3.8) is 0 Å². The van der Waals surface area contributed by atoms with E-state index >= 15 is 0 Å². The Hall–Kier alpha value is 1.30. The average molecular weight is 147 g/mol. The van der Waals surface area contributed by atoms with Crippen LogP contribution in [0.5, 0.6) is 0 Å². The number of hydrogen-bond acceptors (Lipinski definition) is 1. The van der Waals surface area contributed by atoms with Crippen molar-refractivity contribution < 1.29 is 27.5 Å². The molecule has 1 nitrogen and oxygen atoms in total. The zero-order valence-electron chi connectivity index (χ0n) is 2.60. The SMILES string of the molecule is CCO.[LiH].[Nb]. The first-order chi connectivity index (χ1) is 1.41. The van der Waals surface area contributed by atoms with Gasteiger partial charge in [-0.2, -0.15) is 0 Å². The minimum atomic E-state index is 0. The maximum Gasteiger partial charge on any atom is 0 e. The second kappa shape index (κ2) is 18.5. The Bertz CT molecular complexity index is 9.61. The molecule has 0 aliphatic carbocycles. The van der Waals surface area contributed by atoms with E-state index in [9.17, 15) is 0 Å². The number of aliphatic hydroxyl groups excluding tert-OH is 1. The van der Waals surface area contributed by atoms with Crippen LogP contribution in [0.4, 0.5) is 0 Å². The zero-order valence-corrected chi connectivity index (χ0v) is 4.80. The van der Waals surface area contributed by atoms with Gasteiger partial charge in [-0.3, -0.25) is 0 Å². The van der Waals surface area contributed by atoms with Crippen LogP contribution in [0, 0.1) is 0 Å². The average Bonchev–Trinajstić information content (AvgIpc) is 0.918. The summed E-state index contributed by atoms with van der Waals surface area (Å²) in [5.74, 6) is 0. The number of rotatable bonds is 0. The molecule has 0 aromatic carbocycles. The van der Waals surface area contributed by atoms with Crippen LogP contribution in [0.15, 0.2) is 0 Å². The molecule has 0 saturated heterocycles. The first-order valence-corrected chi connectivity index (χ1v) is 1.02. The summed E-state index contributed by atoms with van der Waals surface area (Å²) < 4.78 is 0. The second-order valence-corrected chi connectivity index (χ2v) is 0.316. The van der Waals surface area contributed by atoms with Crippen molar-refractivity contribution in [1.29, 1.82) is 0 Å². The third kappa shape index (κ3) is 34.2. The Balaban J connectivity index is -0.0000000200.